The Morgan fingerprint density at radius 3 is 2.75 bits per heavy atom. The van der Waals surface area contributed by atoms with Gasteiger partial charge in [0.25, 0.3) is 0 Å². The van der Waals surface area contributed by atoms with Gasteiger partial charge in [0.05, 0.1) is 18.1 Å². The van der Waals surface area contributed by atoms with Gasteiger partial charge in [-0.15, -0.1) is 0 Å². The second-order valence-corrected chi connectivity index (χ2v) is 7.74. The van der Waals surface area contributed by atoms with Crippen molar-refractivity contribution in [1.82, 2.24) is 4.98 Å². The number of fused-ring (bicyclic) bond motifs is 1. The molecule has 6 nitrogen and oxygen atoms in total. The van der Waals surface area contributed by atoms with Crippen molar-refractivity contribution in [2.24, 2.45) is 0 Å². The highest BCUT2D eigenvalue weighted by atomic mass is 35.5. The lowest BCUT2D eigenvalue weighted by Gasteiger charge is -2.32. The van der Waals surface area contributed by atoms with E-state index in [1.54, 1.807) is 24.4 Å². The largest absolute Gasteiger partial charge is 0.511 e. The van der Waals surface area contributed by atoms with E-state index >= 15 is 0 Å². The molecule has 2 heterocycles. The summed E-state index contributed by atoms with van der Waals surface area (Å²) >= 11 is 6.20. The predicted octanol–water partition coefficient (Wildman–Crippen LogP) is 5.60. The first-order chi connectivity index (χ1) is 15.4. The predicted molar refractivity (Wildman–Crippen MR) is 114 cm³/mol. The molecule has 0 fully saturated rings. The van der Waals surface area contributed by atoms with Gasteiger partial charge in [0.15, 0.2) is 5.75 Å². The number of ether oxygens (including phenoxy) is 2. The lowest BCUT2D eigenvalue weighted by atomic mass is 10.0. The van der Waals surface area contributed by atoms with Crippen LogP contribution in [0, 0.1) is 11.6 Å². The first-order valence-corrected chi connectivity index (χ1v) is 10.3. The molecule has 0 saturated carbocycles. The number of nitrogens with zero attached hydrogens (tertiary/aromatic N) is 2. The zero-order valence-electron chi connectivity index (χ0n) is 16.9. The van der Waals surface area contributed by atoms with E-state index in [0.717, 1.165) is 29.3 Å². The van der Waals surface area contributed by atoms with Gasteiger partial charge in [0.1, 0.15) is 24.0 Å². The monoisotopic (exact) mass is 460 g/mol. The molecule has 0 saturated heterocycles. The average Bonchev–Trinajstić information content (AvgIpc) is 2.74. The third-order valence-electron chi connectivity index (χ3n) is 5.17. The van der Waals surface area contributed by atoms with Gasteiger partial charge in [0, 0.05) is 40.9 Å². The summed E-state index contributed by atoms with van der Waals surface area (Å²) in [5, 5.41) is 9.49. The van der Waals surface area contributed by atoms with Crippen LogP contribution >= 0.6 is 11.6 Å². The minimum atomic E-state index is -1.39. The van der Waals surface area contributed by atoms with E-state index in [9.17, 15) is 13.6 Å². The number of benzene rings is 2. The standard InChI is InChI=1S/C23H19ClF2N2O4/c24-16-4-6-21(31-13-14-3-5-17(25)9-19(14)26)15(8-16)12-28-7-1-2-18-20(28)10-27-11-22(18)32-23(29)30/h3-6,8-11H,1-2,7,12-13H2,(H,29,30). The average molecular weight is 461 g/mol. The van der Waals surface area contributed by atoms with Crippen LogP contribution in [-0.4, -0.2) is 22.8 Å². The molecule has 3 aromatic rings. The summed E-state index contributed by atoms with van der Waals surface area (Å²) in [6.07, 6.45) is 3.13. The number of carboxylic acid groups (broad SMARTS) is 1. The quantitative estimate of drug-likeness (QED) is 0.483. The topological polar surface area (TPSA) is 71.9 Å². The van der Waals surface area contributed by atoms with Crippen LogP contribution in [-0.2, 0) is 19.6 Å². The number of hydrogen-bond acceptors (Lipinski definition) is 5. The molecule has 1 aliphatic heterocycles. The maximum absolute atomic E-state index is 14.0. The smallest absolute Gasteiger partial charge is 0.488 e. The van der Waals surface area contributed by atoms with Gasteiger partial charge in [-0.3, -0.25) is 4.98 Å². The Kier molecular flexibility index (Phi) is 6.41. The van der Waals surface area contributed by atoms with Gasteiger partial charge in [-0.25, -0.2) is 13.6 Å². The molecule has 0 unspecified atom stereocenters. The molecule has 1 N–H and O–H groups in total. The fourth-order valence-corrected chi connectivity index (χ4v) is 3.90. The Bertz CT molecular complexity index is 1160. The minimum absolute atomic E-state index is 0.0739. The second kappa shape index (κ2) is 9.40. The van der Waals surface area contributed by atoms with Crippen LogP contribution in [0.1, 0.15) is 23.1 Å². The molecule has 0 aliphatic carbocycles. The van der Waals surface area contributed by atoms with Gasteiger partial charge in [-0.05, 0) is 43.2 Å². The number of halogens is 3. The normalized spacial score (nSPS) is 12.9. The van der Waals surface area contributed by atoms with Crippen molar-refractivity contribution < 1.29 is 28.2 Å². The van der Waals surface area contributed by atoms with Crippen molar-refractivity contribution in [3.05, 3.63) is 82.1 Å². The van der Waals surface area contributed by atoms with E-state index in [0.29, 0.717) is 30.3 Å². The third-order valence-corrected chi connectivity index (χ3v) is 5.41. The Balaban J connectivity index is 1.58. The molecular formula is C23H19ClF2N2O4. The van der Waals surface area contributed by atoms with Crippen LogP contribution in [0.3, 0.4) is 0 Å². The van der Waals surface area contributed by atoms with Crippen LogP contribution in [0.2, 0.25) is 5.02 Å². The molecule has 0 spiro atoms. The van der Waals surface area contributed by atoms with Crippen LogP contribution in [0.25, 0.3) is 0 Å². The molecular weight excluding hydrogens is 442 g/mol. The van der Waals surface area contributed by atoms with E-state index in [2.05, 4.69) is 4.98 Å². The fraction of sp³-hybridized carbons (Fsp3) is 0.217. The number of aromatic nitrogens is 1. The van der Waals surface area contributed by atoms with E-state index in [1.807, 2.05) is 4.90 Å². The van der Waals surface area contributed by atoms with Gasteiger partial charge in [0.2, 0.25) is 0 Å². The molecule has 0 radical (unpaired) electrons. The van der Waals surface area contributed by atoms with E-state index in [-0.39, 0.29) is 17.9 Å². The summed E-state index contributed by atoms with van der Waals surface area (Å²) in [6.45, 7) is 1.05. The first-order valence-electron chi connectivity index (χ1n) is 9.88. The summed E-state index contributed by atoms with van der Waals surface area (Å²) in [7, 11) is 0. The molecule has 1 aromatic heterocycles. The maximum Gasteiger partial charge on any atom is 0.511 e. The number of anilines is 1. The van der Waals surface area contributed by atoms with Crippen molar-refractivity contribution in [2.45, 2.75) is 26.0 Å². The number of hydrogen-bond donors (Lipinski definition) is 1. The molecule has 0 amide bonds. The number of carbonyl (C=O) groups is 1. The summed E-state index contributed by atoms with van der Waals surface area (Å²) in [6, 6.07) is 8.47. The molecule has 4 rings (SSSR count). The van der Waals surface area contributed by atoms with Crippen LogP contribution < -0.4 is 14.4 Å². The zero-order valence-corrected chi connectivity index (χ0v) is 17.6. The lowest BCUT2D eigenvalue weighted by molar-refractivity contribution is 0.144. The van der Waals surface area contributed by atoms with Crippen molar-refractivity contribution in [3.63, 3.8) is 0 Å². The van der Waals surface area contributed by atoms with E-state index in [1.165, 1.54) is 18.3 Å². The Hall–Kier alpha value is -3.39. The SMILES string of the molecule is O=C(O)Oc1cncc2c1CCCN2Cc1cc(Cl)ccc1OCc1ccc(F)cc1F. The lowest BCUT2D eigenvalue weighted by Crippen LogP contribution is -2.29. The van der Waals surface area contributed by atoms with Gasteiger partial charge < -0.3 is 19.5 Å². The third kappa shape index (κ3) is 4.91. The first kappa shape index (κ1) is 21.8. The van der Waals surface area contributed by atoms with Crippen LogP contribution in [0.4, 0.5) is 19.3 Å². The second-order valence-electron chi connectivity index (χ2n) is 7.30. The van der Waals surface area contributed by atoms with E-state index in [4.69, 9.17) is 26.2 Å². The van der Waals surface area contributed by atoms with E-state index < -0.39 is 17.8 Å². The molecule has 32 heavy (non-hydrogen) atoms. The summed E-state index contributed by atoms with van der Waals surface area (Å²) < 4.78 is 37.8. The molecule has 0 atom stereocenters. The fourth-order valence-electron chi connectivity index (χ4n) is 3.71. The molecule has 2 aromatic carbocycles. The minimum Gasteiger partial charge on any atom is -0.488 e. The summed E-state index contributed by atoms with van der Waals surface area (Å²) in [5.74, 6) is -0.602. The summed E-state index contributed by atoms with van der Waals surface area (Å²) in [5.41, 5.74) is 2.53. The molecule has 0 bridgehead atoms. The van der Waals surface area contributed by atoms with Gasteiger partial charge in [-0.2, -0.15) is 0 Å². The maximum atomic E-state index is 14.0. The molecule has 9 heteroatoms. The van der Waals surface area contributed by atoms with Crippen molar-refractivity contribution >= 4 is 23.4 Å². The van der Waals surface area contributed by atoms with Gasteiger partial charge >= 0.3 is 6.16 Å². The summed E-state index contributed by atoms with van der Waals surface area (Å²) in [4.78, 5) is 17.2. The number of rotatable bonds is 6. The van der Waals surface area contributed by atoms with Crippen molar-refractivity contribution in [1.29, 1.82) is 0 Å². The Morgan fingerprint density at radius 2 is 1.97 bits per heavy atom. The zero-order chi connectivity index (χ0) is 22.7. The Morgan fingerprint density at radius 1 is 1.12 bits per heavy atom. The molecule has 166 valence electrons. The highest BCUT2D eigenvalue weighted by molar-refractivity contribution is 6.30. The van der Waals surface area contributed by atoms with Crippen molar-refractivity contribution in [2.75, 3.05) is 11.4 Å². The molecule has 1 aliphatic rings. The van der Waals surface area contributed by atoms with Crippen molar-refractivity contribution in [3.8, 4) is 11.5 Å². The highest BCUT2D eigenvalue weighted by Crippen LogP contribution is 2.35. The van der Waals surface area contributed by atoms with Gasteiger partial charge in [-0.1, -0.05) is 11.6 Å². The van der Waals surface area contributed by atoms with Crippen LogP contribution in [0.15, 0.2) is 48.8 Å². The highest BCUT2D eigenvalue weighted by Gasteiger charge is 2.23. The Labute approximate surface area is 188 Å². The van der Waals surface area contributed by atoms with Crippen LogP contribution in [0.5, 0.6) is 11.5 Å². The number of pyridine rings is 1.